The highest BCUT2D eigenvalue weighted by Gasteiger charge is 2.14. The highest BCUT2D eigenvalue weighted by Crippen LogP contribution is 2.25. The van der Waals surface area contributed by atoms with Crippen LogP contribution in [0.25, 0.3) is 10.1 Å². The predicted octanol–water partition coefficient (Wildman–Crippen LogP) is 2.19. The summed E-state index contributed by atoms with van der Waals surface area (Å²) in [7, 11) is 0. The molecule has 0 amide bonds. The third-order valence-electron chi connectivity index (χ3n) is 4.11. The number of nitrogens with one attached hydrogen (secondary N) is 1. The van der Waals surface area contributed by atoms with Crippen LogP contribution in [0, 0.1) is 0 Å². The topological polar surface area (TPSA) is 46.9 Å². The number of nitrogens with zero attached hydrogens (tertiary/aromatic N) is 2. The van der Waals surface area contributed by atoms with E-state index in [1.807, 2.05) is 12.1 Å². The lowest BCUT2D eigenvalue weighted by Gasteiger charge is -2.08. The highest BCUT2D eigenvalue weighted by molar-refractivity contribution is 7.19. The minimum atomic E-state index is 0.117. The van der Waals surface area contributed by atoms with E-state index in [9.17, 15) is 4.79 Å². The Labute approximate surface area is 132 Å². The normalized spacial score (nSPS) is 14.7. The summed E-state index contributed by atoms with van der Waals surface area (Å²) < 4.78 is 3.01. The van der Waals surface area contributed by atoms with E-state index in [1.54, 1.807) is 22.2 Å². The predicted molar refractivity (Wildman–Crippen MR) is 89.7 cm³/mol. The molecule has 3 aromatic rings. The van der Waals surface area contributed by atoms with E-state index in [1.165, 1.54) is 15.0 Å². The van der Waals surface area contributed by atoms with Gasteiger partial charge in [-0.2, -0.15) is 0 Å². The Morgan fingerprint density at radius 3 is 3.00 bits per heavy atom. The molecule has 1 aromatic carbocycles. The average molecular weight is 311 g/mol. The lowest BCUT2D eigenvalue weighted by molar-refractivity contribution is 0.706. The molecule has 0 aliphatic carbocycles. The molecule has 1 aliphatic heterocycles. The van der Waals surface area contributed by atoms with E-state index in [-0.39, 0.29) is 5.56 Å². The summed E-state index contributed by atoms with van der Waals surface area (Å²) >= 11 is 1.74. The van der Waals surface area contributed by atoms with E-state index < -0.39 is 0 Å². The number of aromatic nitrogens is 2. The van der Waals surface area contributed by atoms with Gasteiger partial charge in [0.25, 0.3) is 5.56 Å². The molecule has 0 atom stereocenters. The second-order valence-electron chi connectivity index (χ2n) is 5.60. The van der Waals surface area contributed by atoms with Crippen molar-refractivity contribution in [2.24, 2.45) is 0 Å². The standard InChI is InChI=1S/C17H17N3OS/c21-17-14-5-7-18-8-6-15(14)19-11-20(17)10-13-9-12-3-1-2-4-16(12)22-13/h1-4,9,11,18H,5-8,10H2. The van der Waals surface area contributed by atoms with Crippen LogP contribution in [0.5, 0.6) is 0 Å². The van der Waals surface area contributed by atoms with Crippen molar-refractivity contribution in [1.82, 2.24) is 14.9 Å². The van der Waals surface area contributed by atoms with E-state index in [0.717, 1.165) is 37.2 Å². The first-order valence-electron chi connectivity index (χ1n) is 7.56. The van der Waals surface area contributed by atoms with E-state index in [2.05, 4.69) is 28.5 Å². The van der Waals surface area contributed by atoms with Crippen molar-refractivity contribution in [2.75, 3.05) is 13.1 Å². The summed E-state index contributed by atoms with van der Waals surface area (Å²) in [5, 5.41) is 4.56. The summed E-state index contributed by atoms with van der Waals surface area (Å²) in [5.41, 5.74) is 1.96. The van der Waals surface area contributed by atoms with Crippen LogP contribution in [0.15, 0.2) is 41.5 Å². The fraction of sp³-hybridized carbons (Fsp3) is 0.294. The number of hydrogen-bond donors (Lipinski definition) is 1. The Kier molecular flexibility index (Phi) is 3.52. The summed E-state index contributed by atoms with van der Waals surface area (Å²) in [5.74, 6) is 0. The maximum absolute atomic E-state index is 12.7. The van der Waals surface area contributed by atoms with E-state index >= 15 is 0 Å². The van der Waals surface area contributed by atoms with Gasteiger partial charge in [-0.15, -0.1) is 11.3 Å². The summed E-state index contributed by atoms with van der Waals surface area (Å²) in [6.07, 6.45) is 3.32. The third-order valence-corrected chi connectivity index (χ3v) is 5.21. The second kappa shape index (κ2) is 5.66. The van der Waals surface area contributed by atoms with Crippen molar-refractivity contribution in [3.8, 4) is 0 Å². The molecule has 3 heterocycles. The van der Waals surface area contributed by atoms with Gasteiger partial charge in [0.15, 0.2) is 0 Å². The van der Waals surface area contributed by atoms with Gasteiger partial charge in [0.1, 0.15) is 0 Å². The fourth-order valence-electron chi connectivity index (χ4n) is 2.97. The quantitative estimate of drug-likeness (QED) is 0.789. The van der Waals surface area contributed by atoms with Crippen LogP contribution in [0.3, 0.4) is 0 Å². The highest BCUT2D eigenvalue weighted by atomic mass is 32.1. The monoisotopic (exact) mass is 311 g/mol. The van der Waals surface area contributed by atoms with Gasteiger partial charge < -0.3 is 5.32 Å². The van der Waals surface area contributed by atoms with Gasteiger partial charge in [-0.05, 0) is 30.5 Å². The largest absolute Gasteiger partial charge is 0.316 e. The third kappa shape index (κ3) is 2.46. The first kappa shape index (κ1) is 13.7. The lowest BCUT2D eigenvalue weighted by atomic mass is 10.1. The SMILES string of the molecule is O=c1c2c(ncn1Cc1cc3ccccc3s1)CCNCC2. The van der Waals surface area contributed by atoms with Gasteiger partial charge in [0, 0.05) is 28.1 Å². The molecule has 1 N–H and O–H groups in total. The Morgan fingerprint density at radius 2 is 2.09 bits per heavy atom. The first-order valence-corrected chi connectivity index (χ1v) is 8.38. The van der Waals surface area contributed by atoms with Crippen molar-refractivity contribution in [2.45, 2.75) is 19.4 Å². The molecule has 4 nitrogen and oxygen atoms in total. The van der Waals surface area contributed by atoms with Gasteiger partial charge in [0.2, 0.25) is 0 Å². The number of hydrogen-bond acceptors (Lipinski definition) is 4. The molecule has 22 heavy (non-hydrogen) atoms. The molecule has 0 fully saturated rings. The van der Waals surface area contributed by atoms with Crippen LogP contribution in [0.2, 0.25) is 0 Å². The van der Waals surface area contributed by atoms with Crippen molar-refractivity contribution >= 4 is 21.4 Å². The number of rotatable bonds is 2. The zero-order chi connectivity index (χ0) is 14.9. The van der Waals surface area contributed by atoms with Crippen LogP contribution in [0.4, 0.5) is 0 Å². The maximum Gasteiger partial charge on any atom is 0.257 e. The zero-order valence-electron chi connectivity index (χ0n) is 12.2. The van der Waals surface area contributed by atoms with Crippen molar-refractivity contribution in [1.29, 1.82) is 0 Å². The molecule has 0 bridgehead atoms. The molecule has 0 saturated heterocycles. The molecule has 0 unspecified atom stereocenters. The minimum Gasteiger partial charge on any atom is -0.316 e. The van der Waals surface area contributed by atoms with Crippen molar-refractivity contribution in [3.05, 3.63) is 63.1 Å². The Morgan fingerprint density at radius 1 is 1.23 bits per heavy atom. The average Bonchev–Trinajstić information content (AvgIpc) is 2.77. The number of fused-ring (bicyclic) bond motifs is 2. The summed E-state index contributed by atoms with van der Waals surface area (Å²) in [6.45, 7) is 2.36. The van der Waals surface area contributed by atoms with Crippen LogP contribution in [-0.2, 0) is 19.4 Å². The minimum absolute atomic E-state index is 0.117. The Bertz CT molecular complexity index is 848. The molecule has 0 spiro atoms. The van der Waals surface area contributed by atoms with Crippen LogP contribution in [0.1, 0.15) is 16.1 Å². The van der Waals surface area contributed by atoms with Gasteiger partial charge in [0.05, 0.1) is 18.6 Å². The van der Waals surface area contributed by atoms with Gasteiger partial charge >= 0.3 is 0 Å². The van der Waals surface area contributed by atoms with Gasteiger partial charge in [-0.3, -0.25) is 9.36 Å². The second-order valence-corrected chi connectivity index (χ2v) is 6.77. The number of benzene rings is 1. The Hall–Kier alpha value is -1.98. The van der Waals surface area contributed by atoms with Gasteiger partial charge in [-0.1, -0.05) is 18.2 Å². The molecular weight excluding hydrogens is 294 g/mol. The van der Waals surface area contributed by atoms with Crippen molar-refractivity contribution in [3.63, 3.8) is 0 Å². The van der Waals surface area contributed by atoms with Crippen LogP contribution < -0.4 is 10.9 Å². The van der Waals surface area contributed by atoms with Gasteiger partial charge in [-0.25, -0.2) is 4.98 Å². The molecule has 1 aliphatic rings. The number of thiophene rings is 1. The smallest absolute Gasteiger partial charge is 0.257 e. The lowest BCUT2D eigenvalue weighted by Crippen LogP contribution is -2.26. The summed E-state index contributed by atoms with van der Waals surface area (Å²) in [4.78, 5) is 18.4. The zero-order valence-corrected chi connectivity index (χ0v) is 13.0. The molecule has 0 radical (unpaired) electrons. The van der Waals surface area contributed by atoms with E-state index in [0.29, 0.717) is 6.54 Å². The molecular formula is C17H17N3OS. The maximum atomic E-state index is 12.7. The molecule has 0 saturated carbocycles. The first-order chi connectivity index (χ1) is 10.8. The molecule has 4 rings (SSSR count). The molecule has 5 heteroatoms. The van der Waals surface area contributed by atoms with E-state index in [4.69, 9.17) is 0 Å². The van der Waals surface area contributed by atoms with Crippen LogP contribution in [-0.4, -0.2) is 22.6 Å². The Balaban J connectivity index is 1.71. The fourth-order valence-corrected chi connectivity index (χ4v) is 4.04. The summed E-state index contributed by atoms with van der Waals surface area (Å²) in [6, 6.07) is 10.5. The molecule has 112 valence electrons. The molecule has 2 aromatic heterocycles. The van der Waals surface area contributed by atoms with Crippen molar-refractivity contribution < 1.29 is 0 Å². The van der Waals surface area contributed by atoms with Crippen LogP contribution >= 0.6 is 11.3 Å².